The third-order valence-electron chi connectivity index (χ3n) is 14.2. The number of aromatic nitrogens is 2. The molecule has 2 aromatic heterocycles. The van der Waals surface area contributed by atoms with Gasteiger partial charge in [-0.15, -0.1) is 0 Å². The lowest BCUT2D eigenvalue weighted by Gasteiger charge is -2.30. The van der Waals surface area contributed by atoms with Gasteiger partial charge in [-0.3, -0.25) is 4.57 Å². The summed E-state index contributed by atoms with van der Waals surface area (Å²) >= 11 is 0. The van der Waals surface area contributed by atoms with Gasteiger partial charge in [0.05, 0.1) is 22.4 Å². The van der Waals surface area contributed by atoms with Crippen LogP contribution in [0.4, 0.5) is 22.7 Å². The Balaban J connectivity index is 1.08. The Hall–Kier alpha value is -7.11. The maximum Gasteiger partial charge on any atom is 0.137 e. The van der Waals surface area contributed by atoms with Gasteiger partial charge in [-0.05, 0) is 122 Å². The van der Waals surface area contributed by atoms with Crippen molar-refractivity contribution in [3.63, 3.8) is 0 Å². The van der Waals surface area contributed by atoms with Crippen molar-refractivity contribution in [1.82, 2.24) is 9.55 Å². The highest BCUT2D eigenvalue weighted by atomic mass is 16.5. The summed E-state index contributed by atoms with van der Waals surface area (Å²) in [7, 11) is 0. The minimum Gasteiger partial charge on any atom is -0.457 e. The maximum atomic E-state index is 7.07. The molecule has 0 N–H and O–H groups in total. The molecule has 5 heteroatoms. The first-order chi connectivity index (χ1) is 33.1. The second-order valence-electron chi connectivity index (χ2n) is 23.6. The number of para-hydroxylation sites is 2. The van der Waals surface area contributed by atoms with Crippen LogP contribution in [-0.2, 0) is 21.7 Å². The van der Waals surface area contributed by atoms with Crippen LogP contribution in [0, 0.1) is 6.92 Å². The molecule has 0 spiro atoms. The van der Waals surface area contributed by atoms with Crippen LogP contribution in [0.5, 0.6) is 11.5 Å². The van der Waals surface area contributed by atoms with Gasteiger partial charge in [-0.1, -0.05) is 174 Å². The van der Waals surface area contributed by atoms with Crippen molar-refractivity contribution in [3.05, 3.63) is 192 Å². The number of ether oxygens (including phenoxy) is 1. The van der Waals surface area contributed by atoms with Crippen molar-refractivity contribution >= 4 is 44.6 Å². The third kappa shape index (κ3) is 8.76. The Kier molecular flexibility index (Phi) is 11.4. The van der Waals surface area contributed by atoms with Gasteiger partial charge < -0.3 is 14.5 Å². The number of rotatable bonds is 7. The average molecular weight is 921 g/mol. The monoisotopic (exact) mass is 921 g/mol. The van der Waals surface area contributed by atoms with E-state index in [2.05, 4.69) is 262 Å². The van der Waals surface area contributed by atoms with Gasteiger partial charge in [0.15, 0.2) is 0 Å². The lowest BCUT2D eigenvalue weighted by molar-refractivity contribution is 0.479. The van der Waals surface area contributed by atoms with Crippen LogP contribution >= 0.6 is 0 Å². The highest BCUT2D eigenvalue weighted by Gasteiger charge is 2.34. The van der Waals surface area contributed by atoms with Gasteiger partial charge in [0.25, 0.3) is 0 Å². The van der Waals surface area contributed by atoms with Crippen LogP contribution in [0.2, 0.25) is 0 Å². The van der Waals surface area contributed by atoms with Crippen LogP contribution in [0.25, 0.3) is 49.9 Å². The smallest absolute Gasteiger partial charge is 0.137 e. The molecule has 70 heavy (non-hydrogen) atoms. The zero-order valence-corrected chi connectivity index (χ0v) is 43.5. The van der Waals surface area contributed by atoms with Crippen molar-refractivity contribution in [2.75, 3.05) is 16.5 Å². The average Bonchev–Trinajstić information content (AvgIpc) is 3.87. The van der Waals surface area contributed by atoms with Crippen LogP contribution in [0.15, 0.2) is 164 Å². The lowest BCUT2D eigenvalue weighted by Crippen LogP contribution is -2.26. The maximum absolute atomic E-state index is 7.07. The summed E-state index contributed by atoms with van der Waals surface area (Å²) in [5.41, 5.74) is 17.7. The molecule has 1 aliphatic heterocycles. The quantitative estimate of drug-likeness (QED) is 0.159. The van der Waals surface area contributed by atoms with Crippen LogP contribution in [0.1, 0.15) is 111 Å². The van der Waals surface area contributed by atoms with E-state index in [1.54, 1.807) is 0 Å². The normalized spacial score (nSPS) is 13.4. The second-order valence-corrected chi connectivity index (χ2v) is 23.6. The molecule has 0 atom stereocenters. The van der Waals surface area contributed by atoms with E-state index in [4.69, 9.17) is 9.72 Å². The summed E-state index contributed by atoms with van der Waals surface area (Å²) in [5, 5.41) is 2.33. The lowest BCUT2D eigenvalue weighted by atomic mass is 9.80. The molecule has 0 aliphatic carbocycles. The molecular formula is C65H68N4O. The molecule has 0 saturated heterocycles. The molecule has 1 aliphatic rings. The number of benzene rings is 7. The Morgan fingerprint density at radius 1 is 0.443 bits per heavy atom. The highest BCUT2D eigenvalue weighted by molar-refractivity contribution is 6.09. The Morgan fingerprint density at radius 2 is 1.04 bits per heavy atom. The van der Waals surface area contributed by atoms with Crippen molar-refractivity contribution in [2.45, 2.75) is 112 Å². The van der Waals surface area contributed by atoms with E-state index < -0.39 is 0 Å². The molecule has 3 heterocycles. The molecule has 0 fully saturated rings. The number of hydrogen-bond acceptors (Lipinski definition) is 4. The molecule has 0 saturated carbocycles. The number of pyridine rings is 1. The summed E-state index contributed by atoms with van der Waals surface area (Å²) in [5.74, 6) is 2.44. The summed E-state index contributed by atoms with van der Waals surface area (Å²) in [4.78, 5) is 10.2. The predicted octanol–water partition coefficient (Wildman–Crippen LogP) is 18.1. The van der Waals surface area contributed by atoms with E-state index in [1.165, 1.54) is 67.0 Å². The summed E-state index contributed by atoms with van der Waals surface area (Å²) in [6.07, 6.45) is 2.04. The van der Waals surface area contributed by atoms with E-state index in [0.717, 1.165) is 45.0 Å². The van der Waals surface area contributed by atoms with E-state index in [1.807, 2.05) is 6.20 Å². The predicted molar refractivity (Wildman–Crippen MR) is 298 cm³/mol. The van der Waals surface area contributed by atoms with Gasteiger partial charge in [0.1, 0.15) is 24.0 Å². The van der Waals surface area contributed by atoms with E-state index in [-0.39, 0.29) is 21.7 Å². The Morgan fingerprint density at radius 3 is 1.71 bits per heavy atom. The van der Waals surface area contributed by atoms with Gasteiger partial charge in [-0.25, -0.2) is 4.98 Å². The fourth-order valence-electron chi connectivity index (χ4n) is 9.98. The molecule has 0 amide bonds. The minimum absolute atomic E-state index is 0.0267. The summed E-state index contributed by atoms with van der Waals surface area (Å²) in [6.45, 7) is 30.4. The molecule has 354 valence electrons. The number of hydrogen-bond donors (Lipinski definition) is 0. The molecule has 9 aromatic rings. The van der Waals surface area contributed by atoms with Gasteiger partial charge in [-0.2, -0.15) is 0 Å². The van der Waals surface area contributed by atoms with E-state index in [9.17, 15) is 0 Å². The first-order valence-corrected chi connectivity index (χ1v) is 25.0. The summed E-state index contributed by atoms with van der Waals surface area (Å²) < 4.78 is 9.36. The number of fused-ring (bicyclic) bond motifs is 4. The molecule has 0 unspecified atom stereocenters. The zero-order chi connectivity index (χ0) is 49.5. The van der Waals surface area contributed by atoms with Crippen molar-refractivity contribution < 1.29 is 4.74 Å². The topological polar surface area (TPSA) is 33.5 Å². The number of anilines is 4. The largest absolute Gasteiger partial charge is 0.457 e. The fraction of sp³-hybridized carbons (Fsp3) is 0.277. The fourth-order valence-corrected chi connectivity index (χ4v) is 9.98. The SMILES string of the molecule is Cc1cc(-n2c3ccccc3c3ccc(Oc4cc(N5CN(c6cc(C(C)(C)C)cc(C(C)(C)C)c6)c6c(-c7ccccc7)cccc65)cc(C(C)(C)C)c4)cc32)ncc1-c1cccc(C(C)(C)C)c1. The van der Waals surface area contributed by atoms with Crippen LogP contribution < -0.4 is 14.5 Å². The van der Waals surface area contributed by atoms with E-state index >= 15 is 0 Å². The van der Waals surface area contributed by atoms with Crippen LogP contribution in [-0.4, -0.2) is 16.2 Å². The second kappa shape index (κ2) is 17.1. The van der Waals surface area contributed by atoms with Gasteiger partial charge >= 0.3 is 0 Å². The van der Waals surface area contributed by atoms with Gasteiger partial charge in [0.2, 0.25) is 0 Å². The number of aryl methyl sites for hydroxylation is 1. The zero-order valence-electron chi connectivity index (χ0n) is 43.5. The molecule has 0 radical (unpaired) electrons. The summed E-state index contributed by atoms with van der Waals surface area (Å²) in [6, 6.07) is 57.9. The Bertz CT molecular complexity index is 3410. The number of nitrogens with zero attached hydrogens (tertiary/aromatic N) is 4. The molecule has 0 bridgehead atoms. The van der Waals surface area contributed by atoms with Crippen molar-refractivity contribution in [2.24, 2.45) is 0 Å². The first kappa shape index (κ1) is 46.6. The molecular weight excluding hydrogens is 853 g/mol. The minimum atomic E-state index is -0.148. The van der Waals surface area contributed by atoms with Crippen LogP contribution in [0.3, 0.4) is 0 Å². The standard InChI is InChI=1S/C65H68N4O/c1-42-31-60(66-40-56(42)44-23-19-24-45(32-44)62(2,3)4)69-57-27-18-17-25-54(57)55-30-29-51(39-59(55)69)70-52-37-48(65(11,12)13)36-50(38-52)67-41-68(49-34-46(63(5,6)7)33-47(35-49)64(8,9)10)61-53(26-20-28-58(61)67)43-21-15-14-16-22-43/h14-40H,41H2,1-13H3. The highest BCUT2D eigenvalue weighted by Crippen LogP contribution is 2.51. The van der Waals surface area contributed by atoms with Crippen molar-refractivity contribution in [3.8, 4) is 39.6 Å². The molecule has 5 nitrogen and oxygen atoms in total. The third-order valence-corrected chi connectivity index (χ3v) is 14.2. The Labute approximate surface area is 416 Å². The van der Waals surface area contributed by atoms with Crippen molar-refractivity contribution in [1.29, 1.82) is 0 Å². The molecule has 10 rings (SSSR count). The molecule has 7 aromatic carbocycles. The first-order valence-electron chi connectivity index (χ1n) is 25.0. The van der Waals surface area contributed by atoms with Gasteiger partial charge in [0, 0.05) is 51.6 Å². The van der Waals surface area contributed by atoms with E-state index in [0.29, 0.717) is 6.67 Å².